The fourth-order valence-electron chi connectivity index (χ4n) is 3.54. The third-order valence-electron chi connectivity index (χ3n) is 4.54. The molecule has 0 atom stereocenters. The van der Waals surface area contributed by atoms with E-state index < -0.39 is 5.54 Å². The molecule has 2 heterocycles. The molecule has 1 amide bonds. The van der Waals surface area contributed by atoms with Crippen LogP contribution < -0.4 is 0 Å². The maximum atomic E-state index is 12.7. The summed E-state index contributed by atoms with van der Waals surface area (Å²) in [6.45, 7) is 4.39. The van der Waals surface area contributed by atoms with Crippen LogP contribution in [0.15, 0.2) is 43.0 Å². The lowest BCUT2D eigenvalue weighted by molar-refractivity contribution is -0.156. The van der Waals surface area contributed by atoms with Crippen LogP contribution in [0.25, 0.3) is 0 Å². The van der Waals surface area contributed by atoms with Crippen molar-refractivity contribution in [1.82, 2.24) is 4.90 Å². The third-order valence-corrected chi connectivity index (χ3v) is 4.54. The number of amides is 1. The Balaban J connectivity index is 1.95. The van der Waals surface area contributed by atoms with Crippen molar-refractivity contribution in [3.63, 3.8) is 0 Å². The summed E-state index contributed by atoms with van der Waals surface area (Å²) in [5.74, 6) is -0.436. The molecular weight excluding hydrogens is 254 g/mol. The molecule has 0 spiro atoms. The molecule has 2 bridgehead atoms. The number of fused-ring (bicyclic) bond motifs is 1. The van der Waals surface area contributed by atoms with Crippen molar-refractivity contribution in [1.29, 1.82) is 0 Å². The monoisotopic (exact) mass is 271 g/mol. The zero-order valence-electron chi connectivity index (χ0n) is 11.5. The summed E-state index contributed by atoms with van der Waals surface area (Å²) < 4.78 is 4.91. The first kappa shape index (κ1) is 12.9. The van der Waals surface area contributed by atoms with Crippen LogP contribution in [0.2, 0.25) is 0 Å². The van der Waals surface area contributed by atoms with Gasteiger partial charge in [0.2, 0.25) is 0 Å². The van der Waals surface area contributed by atoms with Crippen LogP contribution in [-0.2, 0) is 9.53 Å². The van der Waals surface area contributed by atoms with Gasteiger partial charge in [-0.05, 0) is 25.0 Å². The number of esters is 1. The lowest BCUT2D eigenvalue weighted by Crippen LogP contribution is -2.57. The van der Waals surface area contributed by atoms with Gasteiger partial charge in [-0.15, -0.1) is 6.58 Å². The Labute approximate surface area is 118 Å². The highest BCUT2D eigenvalue weighted by Gasteiger charge is 2.69. The van der Waals surface area contributed by atoms with Gasteiger partial charge in [0.25, 0.3) is 5.91 Å². The van der Waals surface area contributed by atoms with Gasteiger partial charge in [0.05, 0.1) is 7.11 Å². The van der Waals surface area contributed by atoms with Crippen molar-refractivity contribution in [2.75, 3.05) is 13.7 Å². The molecule has 1 aromatic carbocycles. The Bertz CT molecular complexity index is 573. The highest BCUT2D eigenvalue weighted by atomic mass is 16.5. The second-order valence-electron chi connectivity index (χ2n) is 5.70. The largest absolute Gasteiger partial charge is 0.467 e. The number of benzene rings is 1. The first-order valence-electron chi connectivity index (χ1n) is 6.66. The van der Waals surface area contributed by atoms with Gasteiger partial charge in [-0.1, -0.05) is 24.3 Å². The topological polar surface area (TPSA) is 46.6 Å². The summed E-state index contributed by atoms with van der Waals surface area (Å²) in [6, 6.07) is 9.04. The van der Waals surface area contributed by atoms with E-state index in [-0.39, 0.29) is 17.3 Å². The molecule has 2 aliphatic heterocycles. The van der Waals surface area contributed by atoms with Crippen molar-refractivity contribution in [3.05, 3.63) is 48.6 Å². The number of carbonyl (C=O) groups is 2. The average molecular weight is 271 g/mol. The van der Waals surface area contributed by atoms with Gasteiger partial charge in [-0.3, -0.25) is 4.79 Å². The van der Waals surface area contributed by atoms with Crippen molar-refractivity contribution in [2.24, 2.45) is 5.41 Å². The minimum atomic E-state index is -0.796. The Kier molecular flexibility index (Phi) is 2.71. The van der Waals surface area contributed by atoms with Crippen LogP contribution in [0.4, 0.5) is 0 Å². The SMILES string of the molecule is C=CC12CN(C(=O)c3ccccc3)C(C(=O)OC)(C1)C2. The van der Waals surface area contributed by atoms with Crippen LogP contribution in [0, 0.1) is 5.41 Å². The third kappa shape index (κ3) is 1.54. The van der Waals surface area contributed by atoms with E-state index in [1.807, 2.05) is 24.3 Å². The number of hydrogen-bond donors (Lipinski definition) is 0. The predicted octanol–water partition coefficient (Wildman–Crippen LogP) is 2.02. The smallest absolute Gasteiger partial charge is 0.331 e. The summed E-state index contributed by atoms with van der Waals surface area (Å²) in [4.78, 5) is 26.4. The number of hydrogen-bond acceptors (Lipinski definition) is 3. The Morgan fingerprint density at radius 1 is 1.30 bits per heavy atom. The summed E-state index contributed by atoms with van der Waals surface area (Å²) in [6.07, 6.45) is 3.11. The minimum absolute atomic E-state index is 0.114. The first-order valence-corrected chi connectivity index (χ1v) is 6.66. The fourth-order valence-corrected chi connectivity index (χ4v) is 3.54. The first-order chi connectivity index (χ1) is 9.57. The van der Waals surface area contributed by atoms with E-state index in [1.165, 1.54) is 7.11 Å². The lowest BCUT2D eigenvalue weighted by Gasteiger charge is -2.43. The van der Waals surface area contributed by atoms with Gasteiger partial charge in [-0.2, -0.15) is 0 Å². The van der Waals surface area contributed by atoms with Crippen molar-refractivity contribution in [2.45, 2.75) is 18.4 Å². The second-order valence-corrected chi connectivity index (χ2v) is 5.70. The van der Waals surface area contributed by atoms with E-state index in [0.717, 1.165) is 0 Å². The van der Waals surface area contributed by atoms with Crippen LogP contribution in [0.5, 0.6) is 0 Å². The molecule has 3 fully saturated rings. The average Bonchev–Trinajstić information content (AvgIpc) is 2.98. The van der Waals surface area contributed by atoms with E-state index in [2.05, 4.69) is 6.58 Å². The number of rotatable bonds is 3. The summed E-state index contributed by atoms with van der Waals surface area (Å²) in [5.41, 5.74) is -0.323. The van der Waals surface area contributed by atoms with E-state index in [9.17, 15) is 9.59 Å². The molecule has 20 heavy (non-hydrogen) atoms. The molecule has 4 heteroatoms. The van der Waals surface area contributed by atoms with E-state index in [0.29, 0.717) is 24.9 Å². The summed E-state index contributed by atoms with van der Waals surface area (Å²) >= 11 is 0. The summed E-state index contributed by atoms with van der Waals surface area (Å²) in [5, 5.41) is 0. The maximum Gasteiger partial charge on any atom is 0.331 e. The Morgan fingerprint density at radius 3 is 2.50 bits per heavy atom. The molecule has 104 valence electrons. The normalized spacial score (nSPS) is 30.6. The zero-order valence-corrected chi connectivity index (χ0v) is 11.5. The van der Waals surface area contributed by atoms with Crippen LogP contribution >= 0.6 is 0 Å². The summed E-state index contributed by atoms with van der Waals surface area (Å²) in [7, 11) is 1.37. The molecule has 4 nitrogen and oxygen atoms in total. The zero-order chi connectivity index (χ0) is 14.4. The number of carbonyl (C=O) groups excluding carboxylic acids is 2. The van der Waals surface area contributed by atoms with Gasteiger partial charge in [-0.25, -0.2) is 4.79 Å². The van der Waals surface area contributed by atoms with Gasteiger partial charge < -0.3 is 9.64 Å². The maximum absolute atomic E-state index is 12.7. The van der Waals surface area contributed by atoms with Crippen LogP contribution in [0.1, 0.15) is 23.2 Å². The molecule has 2 saturated heterocycles. The highest BCUT2D eigenvalue weighted by molar-refractivity contribution is 5.99. The molecule has 0 radical (unpaired) electrons. The minimum Gasteiger partial charge on any atom is -0.467 e. The van der Waals surface area contributed by atoms with E-state index in [1.54, 1.807) is 17.0 Å². The predicted molar refractivity (Wildman–Crippen MR) is 74.1 cm³/mol. The quantitative estimate of drug-likeness (QED) is 0.624. The molecular formula is C16H17NO3. The van der Waals surface area contributed by atoms with Gasteiger partial charge in [0.1, 0.15) is 5.54 Å². The van der Waals surface area contributed by atoms with Crippen LogP contribution in [-0.4, -0.2) is 36.0 Å². The van der Waals surface area contributed by atoms with Gasteiger partial charge in [0.15, 0.2) is 0 Å². The lowest BCUT2D eigenvalue weighted by atomic mass is 9.62. The Morgan fingerprint density at radius 2 is 1.95 bits per heavy atom. The fraction of sp³-hybridized carbons (Fsp3) is 0.375. The van der Waals surface area contributed by atoms with Crippen molar-refractivity contribution in [3.8, 4) is 0 Å². The number of nitrogens with zero attached hydrogens (tertiary/aromatic N) is 1. The Hall–Kier alpha value is -2.10. The molecule has 3 aliphatic rings. The number of methoxy groups -OCH3 is 1. The van der Waals surface area contributed by atoms with Crippen molar-refractivity contribution < 1.29 is 14.3 Å². The van der Waals surface area contributed by atoms with Gasteiger partial charge in [0, 0.05) is 17.5 Å². The molecule has 0 N–H and O–H groups in total. The second kappa shape index (κ2) is 4.20. The van der Waals surface area contributed by atoms with E-state index in [4.69, 9.17) is 4.74 Å². The molecule has 4 rings (SSSR count). The molecule has 0 unspecified atom stereocenters. The molecule has 1 aliphatic carbocycles. The van der Waals surface area contributed by atoms with Gasteiger partial charge >= 0.3 is 5.97 Å². The van der Waals surface area contributed by atoms with Crippen LogP contribution in [0.3, 0.4) is 0 Å². The standard InChI is InChI=1S/C16H17NO3/c1-3-15-9-16(10-15,14(19)20-2)17(11-15)13(18)12-7-5-4-6-8-12/h3-8H,1,9-11H2,2H3. The highest BCUT2D eigenvalue weighted by Crippen LogP contribution is 2.60. The molecule has 0 aromatic heterocycles. The number of ether oxygens (including phenoxy) is 1. The molecule has 1 aromatic rings. The molecule has 1 saturated carbocycles. The van der Waals surface area contributed by atoms with Crippen molar-refractivity contribution >= 4 is 11.9 Å². The van der Waals surface area contributed by atoms with E-state index >= 15 is 0 Å².